The molecule has 76 valence electrons. The molecule has 0 aromatic heterocycles. The summed E-state index contributed by atoms with van der Waals surface area (Å²) in [4.78, 5) is 0. The van der Waals surface area contributed by atoms with Crippen molar-refractivity contribution in [3.8, 4) is 0 Å². The number of hydrogen-bond donors (Lipinski definition) is 2. The van der Waals surface area contributed by atoms with Crippen LogP contribution in [0, 0.1) is 0 Å². The van der Waals surface area contributed by atoms with E-state index in [0.717, 1.165) is 13.1 Å². The largest absolute Gasteiger partial charge is 0.355 e. The molecule has 0 spiro atoms. The summed E-state index contributed by atoms with van der Waals surface area (Å²) < 4.78 is 5.91. The Morgan fingerprint density at radius 3 is 2.62 bits per heavy atom. The third kappa shape index (κ3) is 2.22. The van der Waals surface area contributed by atoms with Crippen LogP contribution >= 0.6 is 0 Å². The highest BCUT2D eigenvalue weighted by molar-refractivity contribution is 4.89. The van der Waals surface area contributed by atoms with Crippen LogP contribution in [-0.2, 0) is 4.74 Å². The average molecular weight is 184 g/mol. The summed E-state index contributed by atoms with van der Waals surface area (Å²) in [5.41, 5.74) is 0.0177. The predicted molar refractivity (Wildman–Crippen MR) is 52.6 cm³/mol. The second-order valence-electron chi connectivity index (χ2n) is 4.74. The minimum Gasteiger partial charge on any atom is -0.355 e. The Labute approximate surface area is 80.2 Å². The van der Waals surface area contributed by atoms with E-state index in [0.29, 0.717) is 6.04 Å². The fourth-order valence-corrected chi connectivity index (χ4v) is 2.14. The third-order valence-corrected chi connectivity index (χ3v) is 2.89. The molecule has 0 radical (unpaired) electrons. The van der Waals surface area contributed by atoms with Gasteiger partial charge in [0.15, 0.2) is 0 Å². The topological polar surface area (TPSA) is 33.3 Å². The van der Waals surface area contributed by atoms with Crippen molar-refractivity contribution >= 4 is 0 Å². The van der Waals surface area contributed by atoms with Crippen molar-refractivity contribution in [2.24, 2.45) is 0 Å². The van der Waals surface area contributed by atoms with E-state index >= 15 is 0 Å². The Kier molecular flexibility index (Phi) is 2.58. The van der Waals surface area contributed by atoms with Crippen molar-refractivity contribution in [1.82, 2.24) is 10.6 Å². The van der Waals surface area contributed by atoms with Crippen molar-refractivity contribution < 1.29 is 4.74 Å². The molecule has 0 saturated carbocycles. The molecule has 2 rings (SSSR count). The molecule has 3 heteroatoms. The molecule has 2 N–H and O–H groups in total. The normalized spacial score (nSPS) is 39.2. The van der Waals surface area contributed by atoms with Crippen LogP contribution in [0.25, 0.3) is 0 Å². The van der Waals surface area contributed by atoms with Crippen LogP contribution in [0.4, 0.5) is 0 Å². The summed E-state index contributed by atoms with van der Waals surface area (Å²) in [5, 5.41) is 6.94. The number of nitrogens with one attached hydrogen (secondary N) is 2. The van der Waals surface area contributed by atoms with E-state index in [2.05, 4.69) is 24.5 Å². The van der Waals surface area contributed by atoms with E-state index in [4.69, 9.17) is 4.74 Å². The van der Waals surface area contributed by atoms with E-state index in [1.807, 2.05) is 0 Å². The van der Waals surface area contributed by atoms with Crippen LogP contribution in [0.3, 0.4) is 0 Å². The van der Waals surface area contributed by atoms with E-state index < -0.39 is 0 Å². The summed E-state index contributed by atoms with van der Waals surface area (Å²) in [6, 6.07) is 0.524. The lowest BCUT2D eigenvalue weighted by molar-refractivity contribution is -0.0352. The zero-order chi connectivity index (χ0) is 9.31. The maximum Gasteiger partial charge on any atom is 0.124 e. The fraction of sp³-hybridized carbons (Fsp3) is 1.00. The maximum atomic E-state index is 5.91. The summed E-state index contributed by atoms with van der Waals surface area (Å²) in [6.45, 7) is 6.40. The summed E-state index contributed by atoms with van der Waals surface area (Å²) in [6.07, 6.45) is 4.12. The van der Waals surface area contributed by atoms with E-state index in [9.17, 15) is 0 Å². The van der Waals surface area contributed by atoms with Gasteiger partial charge in [-0.1, -0.05) is 6.42 Å². The van der Waals surface area contributed by atoms with Crippen LogP contribution in [0.1, 0.15) is 33.1 Å². The van der Waals surface area contributed by atoms with Gasteiger partial charge in [-0.05, 0) is 33.2 Å². The van der Waals surface area contributed by atoms with Gasteiger partial charge in [-0.15, -0.1) is 0 Å². The molecule has 2 saturated heterocycles. The van der Waals surface area contributed by atoms with Crippen LogP contribution in [0.15, 0.2) is 0 Å². The highest BCUT2D eigenvalue weighted by Crippen LogP contribution is 2.22. The van der Waals surface area contributed by atoms with Gasteiger partial charge in [0.05, 0.1) is 5.60 Å². The highest BCUT2D eigenvalue weighted by Gasteiger charge is 2.36. The van der Waals surface area contributed by atoms with Gasteiger partial charge in [0.2, 0.25) is 0 Å². The highest BCUT2D eigenvalue weighted by atomic mass is 16.5. The summed E-state index contributed by atoms with van der Waals surface area (Å²) in [5.74, 6) is 0. The summed E-state index contributed by atoms with van der Waals surface area (Å²) >= 11 is 0. The lowest BCUT2D eigenvalue weighted by Crippen LogP contribution is -2.48. The number of ether oxygens (including phenoxy) is 1. The second kappa shape index (κ2) is 3.56. The molecule has 2 aliphatic rings. The second-order valence-corrected chi connectivity index (χ2v) is 4.74. The van der Waals surface area contributed by atoms with Crippen LogP contribution in [-0.4, -0.2) is 31.0 Å². The molecule has 2 fully saturated rings. The molecule has 3 nitrogen and oxygen atoms in total. The molecule has 2 aliphatic heterocycles. The minimum absolute atomic E-state index is 0.0177. The first-order valence-corrected chi connectivity index (χ1v) is 5.32. The van der Waals surface area contributed by atoms with Crippen molar-refractivity contribution in [3.63, 3.8) is 0 Å². The zero-order valence-electron chi connectivity index (χ0n) is 8.60. The lowest BCUT2D eigenvalue weighted by Gasteiger charge is -2.29. The van der Waals surface area contributed by atoms with Gasteiger partial charge in [0.25, 0.3) is 0 Å². The SMILES string of the molecule is CC1(C)CNC(C2CCCCN2)O1. The Morgan fingerprint density at radius 2 is 2.08 bits per heavy atom. The monoisotopic (exact) mass is 184 g/mol. The fourth-order valence-electron chi connectivity index (χ4n) is 2.14. The molecule has 0 aromatic carbocycles. The van der Waals surface area contributed by atoms with Gasteiger partial charge < -0.3 is 10.1 Å². The first-order valence-electron chi connectivity index (χ1n) is 5.32. The molecular formula is C10H20N2O. The van der Waals surface area contributed by atoms with Crippen molar-refractivity contribution in [2.75, 3.05) is 13.1 Å². The minimum atomic E-state index is 0.0177. The lowest BCUT2D eigenvalue weighted by atomic mass is 10.0. The first-order chi connectivity index (χ1) is 6.17. The molecule has 2 atom stereocenters. The van der Waals surface area contributed by atoms with Gasteiger partial charge in [-0.25, -0.2) is 0 Å². The molecule has 0 bridgehead atoms. The maximum absolute atomic E-state index is 5.91. The van der Waals surface area contributed by atoms with Crippen LogP contribution in [0.2, 0.25) is 0 Å². The Morgan fingerprint density at radius 1 is 1.23 bits per heavy atom. The predicted octanol–water partition coefficient (Wildman–Crippen LogP) is 0.853. The number of piperidine rings is 1. The first kappa shape index (κ1) is 9.44. The quantitative estimate of drug-likeness (QED) is 0.634. The van der Waals surface area contributed by atoms with E-state index in [1.165, 1.54) is 19.3 Å². The Hall–Kier alpha value is -0.120. The molecule has 0 aromatic rings. The van der Waals surface area contributed by atoms with Gasteiger partial charge >= 0.3 is 0 Å². The van der Waals surface area contributed by atoms with Gasteiger partial charge in [0, 0.05) is 12.6 Å². The molecule has 0 aliphatic carbocycles. The van der Waals surface area contributed by atoms with Gasteiger partial charge in [0.1, 0.15) is 6.23 Å². The number of hydrogen-bond acceptors (Lipinski definition) is 3. The van der Waals surface area contributed by atoms with Crippen molar-refractivity contribution in [3.05, 3.63) is 0 Å². The van der Waals surface area contributed by atoms with Crippen molar-refractivity contribution in [1.29, 1.82) is 0 Å². The molecule has 2 heterocycles. The molecule has 13 heavy (non-hydrogen) atoms. The third-order valence-electron chi connectivity index (χ3n) is 2.89. The summed E-state index contributed by atoms with van der Waals surface area (Å²) in [7, 11) is 0. The van der Waals surface area contributed by atoms with E-state index in [1.54, 1.807) is 0 Å². The van der Waals surface area contributed by atoms with Crippen LogP contribution < -0.4 is 10.6 Å². The zero-order valence-corrected chi connectivity index (χ0v) is 8.60. The molecule has 2 unspecified atom stereocenters. The standard InChI is InChI=1S/C10H20N2O/c1-10(2)7-12-9(13-10)8-5-3-4-6-11-8/h8-9,11-12H,3-7H2,1-2H3. The van der Waals surface area contributed by atoms with Gasteiger partial charge in [-0.3, -0.25) is 5.32 Å². The van der Waals surface area contributed by atoms with Crippen molar-refractivity contribution in [2.45, 2.75) is 51.0 Å². The Bertz CT molecular complexity index is 176. The number of rotatable bonds is 1. The smallest absolute Gasteiger partial charge is 0.124 e. The molecular weight excluding hydrogens is 164 g/mol. The molecule has 0 amide bonds. The van der Waals surface area contributed by atoms with Gasteiger partial charge in [-0.2, -0.15) is 0 Å². The average Bonchev–Trinajstić information content (AvgIpc) is 2.48. The van der Waals surface area contributed by atoms with E-state index in [-0.39, 0.29) is 11.8 Å². The van der Waals surface area contributed by atoms with Crippen LogP contribution in [0.5, 0.6) is 0 Å². The Balaban J connectivity index is 1.87.